The summed E-state index contributed by atoms with van der Waals surface area (Å²) in [5.41, 5.74) is 0. The lowest BCUT2D eigenvalue weighted by Crippen LogP contribution is -2.30. The Hall–Kier alpha value is -1.36. The van der Waals surface area contributed by atoms with Gasteiger partial charge in [0.05, 0.1) is 6.61 Å². The highest BCUT2D eigenvalue weighted by Crippen LogP contribution is 2.16. The lowest BCUT2D eigenvalue weighted by molar-refractivity contribution is -0.163. The Balaban J connectivity index is 4.19. The molecule has 0 rings (SSSR count). The summed E-state index contributed by atoms with van der Waals surface area (Å²) < 4.78 is 17.4. The highest BCUT2D eigenvalue weighted by atomic mass is 16.6. The second-order valence-corrected chi connectivity index (χ2v) is 17.1. The molecule has 5 heteroatoms. The van der Waals surface area contributed by atoms with E-state index in [0.29, 0.717) is 26.1 Å². The fourth-order valence-electron chi connectivity index (χ4n) is 7.49. The Morgan fingerprint density at radius 1 is 0.375 bits per heavy atom. The van der Waals surface area contributed by atoms with Gasteiger partial charge in [0.1, 0.15) is 6.61 Å². The molecule has 0 aliphatic carbocycles. The van der Waals surface area contributed by atoms with Gasteiger partial charge < -0.3 is 14.2 Å². The van der Waals surface area contributed by atoms with Gasteiger partial charge in [0, 0.05) is 19.4 Å². The number of hydrogen-bond acceptors (Lipinski definition) is 5. The van der Waals surface area contributed by atoms with Crippen LogP contribution in [0.4, 0.5) is 0 Å². The van der Waals surface area contributed by atoms with E-state index in [4.69, 9.17) is 14.2 Å². The van der Waals surface area contributed by atoms with Gasteiger partial charge in [-0.2, -0.15) is 0 Å². The Labute approximate surface area is 350 Å². The van der Waals surface area contributed by atoms with Gasteiger partial charge in [0.2, 0.25) is 0 Å². The minimum absolute atomic E-state index is 0.0898. The molecule has 0 bridgehead atoms. The molecule has 0 aromatic carbocycles. The van der Waals surface area contributed by atoms with Crippen molar-refractivity contribution in [3.8, 4) is 0 Å². The molecule has 0 aliphatic rings. The predicted octanol–water partition coefficient (Wildman–Crippen LogP) is 16.7. The normalized spacial score (nSPS) is 12.1. The van der Waals surface area contributed by atoms with E-state index >= 15 is 0 Å². The molecule has 0 saturated heterocycles. The van der Waals surface area contributed by atoms with E-state index in [-0.39, 0.29) is 18.5 Å². The highest BCUT2D eigenvalue weighted by Gasteiger charge is 2.17. The van der Waals surface area contributed by atoms with Crippen molar-refractivity contribution in [1.29, 1.82) is 0 Å². The van der Waals surface area contributed by atoms with Crippen molar-refractivity contribution in [2.45, 2.75) is 284 Å². The van der Waals surface area contributed by atoms with Crippen molar-refractivity contribution < 1.29 is 23.8 Å². The lowest BCUT2D eigenvalue weighted by Gasteiger charge is -2.18. The second kappa shape index (κ2) is 48.0. The summed E-state index contributed by atoms with van der Waals surface area (Å²) in [7, 11) is 0. The first kappa shape index (κ1) is 54.6. The Morgan fingerprint density at radius 2 is 0.714 bits per heavy atom. The second-order valence-electron chi connectivity index (χ2n) is 17.1. The average molecular weight is 791 g/mol. The molecule has 0 aliphatic heterocycles. The van der Waals surface area contributed by atoms with Crippen molar-refractivity contribution in [3.63, 3.8) is 0 Å². The Kier molecular flexibility index (Phi) is 46.8. The van der Waals surface area contributed by atoms with E-state index in [2.05, 4.69) is 32.9 Å². The minimum Gasteiger partial charge on any atom is -0.462 e. The molecule has 56 heavy (non-hydrogen) atoms. The van der Waals surface area contributed by atoms with Gasteiger partial charge in [-0.05, 0) is 38.5 Å². The van der Waals surface area contributed by atoms with Crippen molar-refractivity contribution >= 4 is 11.9 Å². The van der Waals surface area contributed by atoms with Crippen LogP contribution < -0.4 is 0 Å². The van der Waals surface area contributed by atoms with Crippen molar-refractivity contribution in [1.82, 2.24) is 0 Å². The third-order valence-corrected chi connectivity index (χ3v) is 11.3. The van der Waals surface area contributed by atoms with Crippen LogP contribution in [0.2, 0.25) is 0 Å². The van der Waals surface area contributed by atoms with Crippen LogP contribution in [0.3, 0.4) is 0 Å². The first-order chi connectivity index (χ1) is 27.6. The molecule has 0 spiro atoms. The van der Waals surface area contributed by atoms with Crippen molar-refractivity contribution in [3.05, 3.63) is 12.2 Å². The smallest absolute Gasteiger partial charge is 0.306 e. The van der Waals surface area contributed by atoms with Crippen LogP contribution in [0.25, 0.3) is 0 Å². The standard InChI is InChI=1S/C51H98O5/c1-4-7-10-13-16-19-22-24-25-26-28-31-34-37-40-43-46-54-47-49(48-55-50(52)44-41-38-35-32-29-21-18-15-12-9-6-3)56-51(53)45-42-39-36-33-30-27-23-20-17-14-11-8-5-2/h15,18,49H,4-14,16-17,19-48H2,1-3H3/b18-15-/t49-/m1/s1. The summed E-state index contributed by atoms with van der Waals surface area (Å²) in [6, 6.07) is 0. The maximum atomic E-state index is 12.8. The molecule has 332 valence electrons. The SMILES string of the molecule is CCCC/C=C\CCCCCCCC(=O)OC[C@@H](COCCCCCCCCCCCCCCCCCC)OC(=O)CCCCCCCCCCCCCCC. The third kappa shape index (κ3) is 45.3. The van der Waals surface area contributed by atoms with Crippen molar-refractivity contribution in [2.75, 3.05) is 19.8 Å². The van der Waals surface area contributed by atoms with Crippen LogP contribution in [0, 0.1) is 0 Å². The van der Waals surface area contributed by atoms with Gasteiger partial charge in [-0.15, -0.1) is 0 Å². The van der Waals surface area contributed by atoms with Crippen LogP contribution >= 0.6 is 0 Å². The molecule has 0 fully saturated rings. The molecule has 0 aromatic heterocycles. The molecule has 1 atom stereocenters. The van der Waals surface area contributed by atoms with E-state index in [1.165, 1.54) is 199 Å². The molecule has 0 saturated carbocycles. The van der Waals surface area contributed by atoms with Crippen LogP contribution in [-0.2, 0) is 23.8 Å². The topological polar surface area (TPSA) is 61.8 Å². The number of unbranched alkanes of at least 4 members (excludes halogenated alkanes) is 34. The maximum Gasteiger partial charge on any atom is 0.306 e. The Morgan fingerprint density at radius 3 is 1.14 bits per heavy atom. The fourth-order valence-corrected chi connectivity index (χ4v) is 7.49. The summed E-state index contributed by atoms with van der Waals surface area (Å²) >= 11 is 0. The molecule has 5 nitrogen and oxygen atoms in total. The summed E-state index contributed by atoms with van der Waals surface area (Å²) in [6.45, 7) is 7.84. The van der Waals surface area contributed by atoms with Gasteiger partial charge in [-0.3, -0.25) is 9.59 Å². The summed E-state index contributed by atoms with van der Waals surface area (Å²) in [4.78, 5) is 25.3. The van der Waals surface area contributed by atoms with Gasteiger partial charge in [0.25, 0.3) is 0 Å². The van der Waals surface area contributed by atoms with Crippen LogP contribution in [0.1, 0.15) is 278 Å². The molecule has 0 aromatic rings. The number of ether oxygens (including phenoxy) is 3. The summed E-state index contributed by atoms with van der Waals surface area (Å²) in [5, 5.41) is 0. The number of carbonyl (C=O) groups excluding carboxylic acids is 2. The maximum absolute atomic E-state index is 12.8. The third-order valence-electron chi connectivity index (χ3n) is 11.3. The number of carbonyl (C=O) groups is 2. The molecule has 0 N–H and O–H groups in total. The molecular weight excluding hydrogens is 693 g/mol. The van der Waals surface area contributed by atoms with Gasteiger partial charge in [-0.1, -0.05) is 238 Å². The zero-order valence-electron chi connectivity index (χ0n) is 38.2. The lowest BCUT2D eigenvalue weighted by atomic mass is 10.0. The Bertz CT molecular complexity index is 810. The van der Waals surface area contributed by atoms with E-state index < -0.39 is 6.10 Å². The first-order valence-corrected chi connectivity index (χ1v) is 25.2. The van der Waals surface area contributed by atoms with E-state index in [1.807, 2.05) is 0 Å². The average Bonchev–Trinajstić information content (AvgIpc) is 3.20. The van der Waals surface area contributed by atoms with E-state index in [1.54, 1.807) is 0 Å². The zero-order valence-corrected chi connectivity index (χ0v) is 38.2. The summed E-state index contributed by atoms with van der Waals surface area (Å²) in [6.07, 6.45) is 53.6. The molecule has 0 radical (unpaired) electrons. The summed E-state index contributed by atoms with van der Waals surface area (Å²) in [5.74, 6) is -0.389. The quantitative estimate of drug-likeness (QED) is 0.0349. The van der Waals surface area contributed by atoms with Gasteiger partial charge in [0.15, 0.2) is 6.10 Å². The highest BCUT2D eigenvalue weighted by molar-refractivity contribution is 5.70. The van der Waals surface area contributed by atoms with E-state index in [9.17, 15) is 9.59 Å². The van der Waals surface area contributed by atoms with Crippen LogP contribution in [0.15, 0.2) is 12.2 Å². The zero-order chi connectivity index (χ0) is 40.7. The number of esters is 2. The van der Waals surface area contributed by atoms with Gasteiger partial charge >= 0.3 is 11.9 Å². The van der Waals surface area contributed by atoms with Crippen molar-refractivity contribution in [2.24, 2.45) is 0 Å². The van der Waals surface area contributed by atoms with Gasteiger partial charge in [-0.25, -0.2) is 0 Å². The molecule has 0 heterocycles. The number of hydrogen-bond donors (Lipinski definition) is 0. The van der Waals surface area contributed by atoms with Crippen LogP contribution in [0.5, 0.6) is 0 Å². The number of allylic oxidation sites excluding steroid dienone is 2. The predicted molar refractivity (Wildman–Crippen MR) is 242 cm³/mol. The largest absolute Gasteiger partial charge is 0.462 e. The number of rotatable bonds is 47. The monoisotopic (exact) mass is 791 g/mol. The van der Waals surface area contributed by atoms with Crippen LogP contribution in [-0.4, -0.2) is 37.9 Å². The minimum atomic E-state index is -0.528. The molecular formula is C51H98O5. The fraction of sp³-hybridized carbons (Fsp3) is 0.922. The molecule has 0 unspecified atom stereocenters. The molecule has 0 amide bonds. The first-order valence-electron chi connectivity index (χ1n) is 25.2. The van der Waals surface area contributed by atoms with E-state index in [0.717, 1.165) is 44.9 Å².